The van der Waals surface area contributed by atoms with Gasteiger partial charge in [0, 0.05) is 5.69 Å². The van der Waals surface area contributed by atoms with E-state index >= 15 is 0 Å². The molecule has 1 N–H and O–H groups in total. The fourth-order valence-corrected chi connectivity index (χ4v) is 2.89. The minimum Gasteiger partial charge on any atom is -0.392 e. The second kappa shape index (κ2) is 5.01. The van der Waals surface area contributed by atoms with E-state index in [1.54, 1.807) is 0 Å². The molecule has 3 heteroatoms. The maximum atomic E-state index is 12.7. The van der Waals surface area contributed by atoms with Crippen molar-refractivity contribution in [1.82, 2.24) is 0 Å². The van der Waals surface area contributed by atoms with E-state index in [9.17, 15) is 4.79 Å². The summed E-state index contributed by atoms with van der Waals surface area (Å²) in [5, 5.41) is 9.09. The number of amides is 1. The molecular formula is C18H19NO2. The highest BCUT2D eigenvalue weighted by molar-refractivity contribution is 6.07. The van der Waals surface area contributed by atoms with Gasteiger partial charge in [0.2, 0.25) is 5.91 Å². The Bertz CT molecular complexity index is 674. The number of hydrogen-bond donors (Lipinski definition) is 1. The largest absolute Gasteiger partial charge is 0.392 e. The van der Waals surface area contributed by atoms with Crippen LogP contribution in [0.2, 0.25) is 0 Å². The Hall–Kier alpha value is -2.13. The average Bonchev–Trinajstić information content (AvgIpc) is 2.70. The number of carbonyl (C=O) groups is 1. The first-order valence-electron chi connectivity index (χ1n) is 7.14. The Kier molecular flexibility index (Phi) is 3.30. The van der Waals surface area contributed by atoms with Gasteiger partial charge in [-0.2, -0.15) is 0 Å². The van der Waals surface area contributed by atoms with Gasteiger partial charge in [0.1, 0.15) is 0 Å². The molecule has 108 valence electrons. The number of nitrogens with zero attached hydrogens (tertiary/aromatic N) is 1. The normalized spacial score (nSPS) is 16.1. The van der Waals surface area contributed by atoms with Crippen molar-refractivity contribution in [1.29, 1.82) is 0 Å². The molecule has 21 heavy (non-hydrogen) atoms. The van der Waals surface area contributed by atoms with Crippen LogP contribution in [0.25, 0.3) is 0 Å². The van der Waals surface area contributed by atoms with Gasteiger partial charge in [-0.1, -0.05) is 42.5 Å². The molecule has 0 fully saturated rings. The lowest BCUT2D eigenvalue weighted by molar-refractivity contribution is -0.122. The van der Waals surface area contributed by atoms with Gasteiger partial charge in [-0.3, -0.25) is 4.79 Å². The van der Waals surface area contributed by atoms with Gasteiger partial charge in [-0.05, 0) is 36.6 Å². The minimum absolute atomic E-state index is 0.0405. The molecule has 1 aliphatic rings. The molecule has 0 radical (unpaired) electrons. The summed E-state index contributed by atoms with van der Waals surface area (Å²) in [6, 6.07) is 15.7. The number of anilines is 1. The molecule has 0 unspecified atom stereocenters. The first kappa shape index (κ1) is 13.8. The van der Waals surface area contributed by atoms with Gasteiger partial charge in [0.15, 0.2) is 0 Å². The Morgan fingerprint density at radius 2 is 1.62 bits per heavy atom. The molecular weight excluding hydrogens is 262 g/mol. The van der Waals surface area contributed by atoms with Crippen molar-refractivity contribution in [3.8, 4) is 0 Å². The van der Waals surface area contributed by atoms with Crippen molar-refractivity contribution in [2.24, 2.45) is 0 Å². The van der Waals surface area contributed by atoms with Crippen LogP contribution in [-0.2, 0) is 23.4 Å². The van der Waals surface area contributed by atoms with E-state index in [2.05, 4.69) is 0 Å². The van der Waals surface area contributed by atoms with E-state index < -0.39 is 5.41 Å². The van der Waals surface area contributed by atoms with Crippen LogP contribution in [0.5, 0.6) is 0 Å². The molecule has 0 aliphatic carbocycles. The molecule has 1 amide bonds. The number of rotatable bonds is 3. The van der Waals surface area contributed by atoms with Crippen molar-refractivity contribution in [3.05, 3.63) is 65.2 Å². The third-order valence-electron chi connectivity index (χ3n) is 4.19. The van der Waals surface area contributed by atoms with Crippen LogP contribution in [0.15, 0.2) is 48.5 Å². The summed E-state index contributed by atoms with van der Waals surface area (Å²) < 4.78 is 0. The average molecular weight is 281 g/mol. The third kappa shape index (κ3) is 2.24. The monoisotopic (exact) mass is 281 g/mol. The molecule has 0 atom stereocenters. The highest BCUT2D eigenvalue weighted by Crippen LogP contribution is 2.41. The smallest absolute Gasteiger partial charge is 0.237 e. The van der Waals surface area contributed by atoms with Crippen molar-refractivity contribution in [2.45, 2.75) is 32.4 Å². The molecule has 2 aromatic rings. The summed E-state index contributed by atoms with van der Waals surface area (Å²) in [5.41, 5.74) is 3.56. The maximum Gasteiger partial charge on any atom is 0.237 e. The van der Waals surface area contributed by atoms with Crippen molar-refractivity contribution < 1.29 is 9.90 Å². The standard InChI is InChI=1S/C18H19NO2/c1-18(2)15-5-3-4-6-16(15)19(17(18)21)11-13-7-9-14(12-20)10-8-13/h3-10,20H,11-12H2,1-2H3. The molecule has 1 heterocycles. The molecule has 0 spiro atoms. The van der Waals surface area contributed by atoms with Crippen molar-refractivity contribution in [2.75, 3.05) is 4.90 Å². The SMILES string of the molecule is CC1(C)C(=O)N(Cc2ccc(CO)cc2)c2ccccc21. The molecule has 0 saturated carbocycles. The van der Waals surface area contributed by atoms with Gasteiger partial charge >= 0.3 is 0 Å². The second-order valence-electron chi connectivity index (χ2n) is 6.01. The van der Waals surface area contributed by atoms with E-state index in [-0.39, 0.29) is 12.5 Å². The molecule has 3 rings (SSSR count). The number of carbonyl (C=O) groups excluding carboxylic acids is 1. The molecule has 3 nitrogen and oxygen atoms in total. The number of para-hydroxylation sites is 1. The predicted molar refractivity (Wildman–Crippen MR) is 83.0 cm³/mol. The van der Waals surface area contributed by atoms with Gasteiger partial charge in [0.25, 0.3) is 0 Å². The Morgan fingerprint density at radius 3 is 2.29 bits per heavy atom. The predicted octanol–water partition coefficient (Wildman–Crippen LogP) is 3.00. The number of benzene rings is 2. The lowest BCUT2D eigenvalue weighted by Crippen LogP contribution is -2.35. The molecule has 1 aliphatic heterocycles. The zero-order valence-corrected chi connectivity index (χ0v) is 12.3. The highest BCUT2D eigenvalue weighted by atomic mass is 16.3. The maximum absolute atomic E-state index is 12.7. The van der Waals surface area contributed by atoms with Crippen LogP contribution in [-0.4, -0.2) is 11.0 Å². The molecule has 0 saturated heterocycles. The lowest BCUT2D eigenvalue weighted by Gasteiger charge is -2.20. The van der Waals surface area contributed by atoms with Crippen LogP contribution in [0.1, 0.15) is 30.5 Å². The van der Waals surface area contributed by atoms with Gasteiger partial charge < -0.3 is 10.0 Å². The zero-order chi connectivity index (χ0) is 15.0. The second-order valence-corrected chi connectivity index (χ2v) is 6.01. The van der Waals surface area contributed by atoms with Crippen LogP contribution in [0, 0.1) is 0 Å². The number of aliphatic hydroxyl groups excluding tert-OH is 1. The van der Waals surface area contributed by atoms with E-state index in [0.29, 0.717) is 6.54 Å². The fraction of sp³-hybridized carbons (Fsp3) is 0.278. The number of aliphatic hydroxyl groups is 1. The van der Waals surface area contributed by atoms with Gasteiger partial charge in [-0.25, -0.2) is 0 Å². The molecule has 0 aromatic heterocycles. The van der Waals surface area contributed by atoms with Crippen LogP contribution < -0.4 is 4.90 Å². The number of fused-ring (bicyclic) bond motifs is 1. The van der Waals surface area contributed by atoms with Crippen LogP contribution in [0.3, 0.4) is 0 Å². The summed E-state index contributed by atoms with van der Waals surface area (Å²) in [6.07, 6.45) is 0. The Balaban J connectivity index is 1.93. The summed E-state index contributed by atoms with van der Waals surface area (Å²) in [5.74, 6) is 0.134. The summed E-state index contributed by atoms with van der Waals surface area (Å²) >= 11 is 0. The highest BCUT2D eigenvalue weighted by Gasteiger charge is 2.43. The van der Waals surface area contributed by atoms with E-state index in [0.717, 1.165) is 22.4 Å². The minimum atomic E-state index is -0.471. The number of hydrogen-bond acceptors (Lipinski definition) is 2. The molecule has 2 aromatic carbocycles. The third-order valence-corrected chi connectivity index (χ3v) is 4.19. The first-order chi connectivity index (χ1) is 10.0. The van der Waals surface area contributed by atoms with E-state index in [1.165, 1.54) is 0 Å². The van der Waals surface area contributed by atoms with Crippen molar-refractivity contribution in [3.63, 3.8) is 0 Å². The van der Waals surface area contributed by atoms with Crippen molar-refractivity contribution >= 4 is 11.6 Å². The summed E-state index contributed by atoms with van der Waals surface area (Å²) in [6.45, 7) is 4.55. The fourth-order valence-electron chi connectivity index (χ4n) is 2.89. The lowest BCUT2D eigenvalue weighted by atomic mass is 9.86. The quantitative estimate of drug-likeness (QED) is 0.939. The van der Waals surface area contributed by atoms with E-state index in [1.807, 2.05) is 67.3 Å². The van der Waals surface area contributed by atoms with Gasteiger partial charge in [0.05, 0.1) is 18.6 Å². The van der Waals surface area contributed by atoms with Gasteiger partial charge in [-0.15, -0.1) is 0 Å². The zero-order valence-electron chi connectivity index (χ0n) is 12.3. The Morgan fingerprint density at radius 1 is 1.00 bits per heavy atom. The first-order valence-corrected chi connectivity index (χ1v) is 7.14. The van der Waals surface area contributed by atoms with Crippen LogP contribution >= 0.6 is 0 Å². The summed E-state index contributed by atoms with van der Waals surface area (Å²) in [7, 11) is 0. The topological polar surface area (TPSA) is 40.5 Å². The Labute approximate surface area is 124 Å². The molecule has 0 bridgehead atoms. The van der Waals surface area contributed by atoms with E-state index in [4.69, 9.17) is 5.11 Å². The van der Waals surface area contributed by atoms with Crippen LogP contribution in [0.4, 0.5) is 5.69 Å². The summed E-state index contributed by atoms with van der Waals surface area (Å²) in [4.78, 5) is 14.5.